The second-order valence-electron chi connectivity index (χ2n) is 7.42. The minimum Gasteiger partial charge on any atom is -0.353 e. The van der Waals surface area contributed by atoms with Crippen LogP contribution in [0.2, 0.25) is 0 Å². The normalized spacial score (nSPS) is 12.3. The lowest BCUT2D eigenvalue weighted by molar-refractivity contribution is 1.59. The van der Waals surface area contributed by atoms with E-state index in [1.54, 1.807) is 0 Å². The Labute approximate surface area is 172 Å². The van der Waals surface area contributed by atoms with Crippen molar-refractivity contribution in [3.05, 3.63) is 83.8 Å². The molecule has 0 fully saturated rings. The number of hydrogen-bond donors (Lipinski definition) is 1. The Balaban J connectivity index is 1.96. The highest BCUT2D eigenvalue weighted by Crippen LogP contribution is 2.46. The summed E-state index contributed by atoms with van der Waals surface area (Å²) in [6.07, 6.45) is 6.31. The molecule has 0 amide bonds. The van der Waals surface area contributed by atoms with Crippen molar-refractivity contribution in [1.82, 2.24) is 4.98 Å². The second kappa shape index (κ2) is 6.07. The quantitative estimate of drug-likeness (QED) is 0.305. The highest BCUT2D eigenvalue weighted by atomic mass is 32.1. The van der Waals surface area contributed by atoms with Crippen LogP contribution in [0.5, 0.6) is 0 Å². The van der Waals surface area contributed by atoms with Crippen LogP contribution in [0.15, 0.2) is 73.3 Å². The summed E-state index contributed by atoms with van der Waals surface area (Å²) < 4.78 is 1.31. The average Bonchev–Trinajstić information content (AvgIpc) is 3.33. The summed E-state index contributed by atoms with van der Waals surface area (Å²) in [5.74, 6) is 0. The predicted octanol–water partition coefficient (Wildman–Crippen LogP) is 8.52. The average molecular weight is 390 g/mol. The third-order valence-electron chi connectivity index (χ3n) is 5.89. The van der Waals surface area contributed by atoms with Crippen LogP contribution in [0.4, 0.5) is 0 Å². The molecule has 2 heteroatoms. The van der Waals surface area contributed by atoms with Gasteiger partial charge in [0.05, 0.1) is 15.7 Å². The van der Waals surface area contributed by atoms with Gasteiger partial charge < -0.3 is 4.98 Å². The highest BCUT2D eigenvalue weighted by molar-refractivity contribution is 7.21. The number of thiophene rings is 1. The molecule has 0 unspecified atom stereocenters. The third kappa shape index (κ3) is 2.15. The van der Waals surface area contributed by atoms with Crippen LogP contribution in [0.1, 0.15) is 17.4 Å². The Morgan fingerprint density at radius 1 is 0.793 bits per heavy atom. The van der Waals surface area contributed by atoms with E-state index >= 15 is 0 Å². The topological polar surface area (TPSA) is 15.8 Å². The summed E-state index contributed by atoms with van der Waals surface area (Å²) in [7, 11) is 0. The first-order valence-electron chi connectivity index (χ1n) is 9.87. The van der Waals surface area contributed by atoms with Crippen LogP contribution in [-0.4, -0.2) is 4.98 Å². The van der Waals surface area contributed by atoms with Crippen molar-refractivity contribution in [1.29, 1.82) is 0 Å². The Morgan fingerprint density at radius 2 is 1.52 bits per heavy atom. The standard InChI is InChI=1S/C27H19NS/c1-3-9-22-17(4-2)24-20-13-8-7-12-19(20)23-21-15-14-16-10-5-6-11-18(16)25(21)28-26(23)27(24)29-22/h3-15,28H,2H2,1H3/b9-3-. The lowest BCUT2D eigenvalue weighted by Gasteiger charge is -2.05. The van der Waals surface area contributed by atoms with E-state index in [2.05, 4.69) is 91.3 Å². The van der Waals surface area contributed by atoms with Crippen molar-refractivity contribution in [2.45, 2.75) is 6.92 Å². The summed E-state index contributed by atoms with van der Waals surface area (Å²) in [6, 6.07) is 21.9. The molecule has 0 radical (unpaired) electrons. The fourth-order valence-corrected chi connectivity index (χ4v) is 5.99. The van der Waals surface area contributed by atoms with Gasteiger partial charge in [-0.2, -0.15) is 0 Å². The molecule has 4 aromatic carbocycles. The number of aromatic nitrogens is 1. The molecule has 1 nitrogen and oxygen atoms in total. The van der Waals surface area contributed by atoms with Crippen LogP contribution >= 0.6 is 11.3 Å². The lowest BCUT2D eigenvalue weighted by Crippen LogP contribution is -1.80. The van der Waals surface area contributed by atoms with E-state index in [1.165, 1.54) is 63.9 Å². The number of aromatic amines is 1. The van der Waals surface area contributed by atoms with E-state index in [0.29, 0.717) is 0 Å². The molecule has 0 saturated heterocycles. The summed E-state index contributed by atoms with van der Waals surface area (Å²) in [4.78, 5) is 5.08. The van der Waals surface area contributed by atoms with Gasteiger partial charge >= 0.3 is 0 Å². The van der Waals surface area contributed by atoms with Gasteiger partial charge in [0, 0.05) is 32.0 Å². The van der Waals surface area contributed by atoms with Gasteiger partial charge in [0.25, 0.3) is 0 Å². The highest BCUT2D eigenvalue weighted by Gasteiger charge is 2.19. The number of allylic oxidation sites excluding steroid dienone is 1. The van der Waals surface area contributed by atoms with Gasteiger partial charge in [-0.25, -0.2) is 0 Å². The van der Waals surface area contributed by atoms with Crippen molar-refractivity contribution < 1.29 is 0 Å². The maximum absolute atomic E-state index is 4.13. The molecule has 0 atom stereocenters. The molecule has 138 valence electrons. The maximum atomic E-state index is 4.13. The SMILES string of the molecule is C=Cc1c(/C=C\C)sc2c3[nH]c4c5ccccc5ccc4c3c3ccccc3c12. The number of hydrogen-bond acceptors (Lipinski definition) is 1. The molecule has 0 aliphatic carbocycles. The summed E-state index contributed by atoms with van der Waals surface area (Å²) in [5.41, 5.74) is 3.68. The third-order valence-corrected chi connectivity index (χ3v) is 7.08. The zero-order valence-corrected chi connectivity index (χ0v) is 16.9. The molecule has 1 N–H and O–H groups in total. The van der Waals surface area contributed by atoms with E-state index in [0.717, 1.165) is 0 Å². The van der Waals surface area contributed by atoms with E-state index < -0.39 is 0 Å². The molecule has 0 aliphatic heterocycles. The smallest absolute Gasteiger partial charge is 0.0653 e. The van der Waals surface area contributed by atoms with Crippen molar-refractivity contribution >= 4 is 76.9 Å². The maximum Gasteiger partial charge on any atom is 0.0653 e. The first-order chi connectivity index (χ1) is 14.3. The van der Waals surface area contributed by atoms with Crippen LogP contribution in [0.25, 0.3) is 65.6 Å². The van der Waals surface area contributed by atoms with Crippen LogP contribution < -0.4 is 0 Å². The van der Waals surface area contributed by atoms with Crippen molar-refractivity contribution in [3.63, 3.8) is 0 Å². The number of benzene rings is 4. The number of fused-ring (bicyclic) bond motifs is 10. The molecule has 29 heavy (non-hydrogen) atoms. The van der Waals surface area contributed by atoms with Gasteiger partial charge in [0.15, 0.2) is 0 Å². The van der Waals surface area contributed by atoms with E-state index in [-0.39, 0.29) is 0 Å². The van der Waals surface area contributed by atoms with Crippen molar-refractivity contribution in [2.75, 3.05) is 0 Å². The molecule has 0 aliphatic rings. The molecule has 6 rings (SSSR count). The monoisotopic (exact) mass is 389 g/mol. The number of H-pyrrole nitrogens is 1. The van der Waals surface area contributed by atoms with Gasteiger partial charge in [-0.05, 0) is 29.2 Å². The largest absolute Gasteiger partial charge is 0.353 e. The second-order valence-corrected chi connectivity index (χ2v) is 8.47. The van der Waals surface area contributed by atoms with Crippen molar-refractivity contribution in [2.24, 2.45) is 0 Å². The molecule has 6 aromatic rings. The van der Waals surface area contributed by atoms with Crippen molar-refractivity contribution in [3.8, 4) is 0 Å². The van der Waals surface area contributed by atoms with E-state index in [4.69, 9.17) is 0 Å². The van der Waals surface area contributed by atoms with Crippen LogP contribution in [0, 0.1) is 0 Å². The zero-order valence-electron chi connectivity index (χ0n) is 16.1. The van der Waals surface area contributed by atoms with Gasteiger partial charge in [-0.1, -0.05) is 79.4 Å². The van der Waals surface area contributed by atoms with Gasteiger partial charge in [0.2, 0.25) is 0 Å². The number of rotatable bonds is 2. The van der Waals surface area contributed by atoms with Gasteiger partial charge in [-0.15, -0.1) is 11.3 Å². The predicted molar refractivity (Wildman–Crippen MR) is 131 cm³/mol. The lowest BCUT2D eigenvalue weighted by atomic mass is 9.97. The Hall–Kier alpha value is -3.36. The molecule has 0 spiro atoms. The van der Waals surface area contributed by atoms with Crippen LogP contribution in [-0.2, 0) is 0 Å². The van der Waals surface area contributed by atoms with Gasteiger partial charge in [-0.3, -0.25) is 0 Å². The molecule has 2 heterocycles. The molecule has 0 saturated carbocycles. The first-order valence-corrected chi connectivity index (χ1v) is 10.7. The Kier molecular flexibility index (Phi) is 3.47. The fourth-order valence-electron chi connectivity index (χ4n) is 4.69. The Morgan fingerprint density at radius 3 is 2.28 bits per heavy atom. The first kappa shape index (κ1) is 16.6. The summed E-state index contributed by atoms with van der Waals surface area (Å²) in [6.45, 7) is 6.20. The van der Waals surface area contributed by atoms with E-state index in [9.17, 15) is 0 Å². The molecular weight excluding hydrogens is 370 g/mol. The van der Waals surface area contributed by atoms with E-state index in [1.807, 2.05) is 17.4 Å². The van der Waals surface area contributed by atoms with Gasteiger partial charge in [0.1, 0.15) is 0 Å². The molecule has 0 bridgehead atoms. The Bertz CT molecular complexity index is 1630. The molecule has 2 aromatic heterocycles. The summed E-state index contributed by atoms with van der Waals surface area (Å²) >= 11 is 1.85. The zero-order chi connectivity index (χ0) is 19.5. The number of nitrogens with one attached hydrogen (secondary N) is 1. The minimum atomic E-state index is 1.22. The fraction of sp³-hybridized carbons (Fsp3) is 0.0370. The minimum absolute atomic E-state index is 1.22. The molecular formula is C27H19NS. The van der Waals surface area contributed by atoms with Crippen LogP contribution in [0.3, 0.4) is 0 Å². The summed E-state index contributed by atoms with van der Waals surface area (Å²) in [5, 5.41) is 9.04.